The van der Waals surface area contributed by atoms with Crippen molar-refractivity contribution in [2.24, 2.45) is 0 Å². The van der Waals surface area contributed by atoms with Gasteiger partial charge in [-0.1, -0.05) is 23.7 Å². The van der Waals surface area contributed by atoms with Crippen molar-refractivity contribution in [1.29, 1.82) is 0 Å². The van der Waals surface area contributed by atoms with Crippen LogP contribution < -0.4 is 11.2 Å². The minimum atomic E-state index is -0.499. The normalized spacial score (nSPS) is 10.9. The molecule has 4 nitrogen and oxygen atoms in total. The molecule has 3 rings (SSSR count). The second kappa shape index (κ2) is 4.12. The lowest BCUT2D eigenvalue weighted by molar-refractivity contribution is 1.09. The molecular formula is C12H7ClN2O2S. The number of rotatable bonds is 1. The molecule has 0 atom stereocenters. The second-order valence-corrected chi connectivity index (χ2v) is 5.08. The number of nitrogens with one attached hydrogen (secondary N) is 2. The number of benzene rings is 1. The van der Waals surface area contributed by atoms with Crippen molar-refractivity contribution in [2.45, 2.75) is 0 Å². The van der Waals surface area contributed by atoms with E-state index in [1.807, 2.05) is 17.5 Å². The Morgan fingerprint density at radius 3 is 2.50 bits per heavy atom. The highest BCUT2D eigenvalue weighted by atomic mass is 35.5. The largest absolute Gasteiger partial charge is 0.326 e. The van der Waals surface area contributed by atoms with Crippen molar-refractivity contribution in [3.8, 4) is 11.1 Å². The Labute approximate surface area is 110 Å². The fourth-order valence-corrected chi connectivity index (χ4v) is 2.85. The lowest BCUT2D eigenvalue weighted by atomic mass is 10.1. The summed E-state index contributed by atoms with van der Waals surface area (Å²) < 4.78 is 0.513. The topological polar surface area (TPSA) is 65.7 Å². The van der Waals surface area contributed by atoms with Gasteiger partial charge in [-0.25, -0.2) is 4.79 Å². The summed E-state index contributed by atoms with van der Waals surface area (Å²) >= 11 is 7.13. The van der Waals surface area contributed by atoms with Crippen molar-refractivity contribution in [3.05, 3.63) is 55.5 Å². The standard InChI is InChI=1S/C12H7ClN2O2S/c13-7-3-1-6(2-4-7)8-5-18-10-9(8)14-12(17)15-11(10)16/h1-5H,(H2,14,15,16,17). The van der Waals surface area contributed by atoms with Gasteiger partial charge in [0.05, 0.1) is 5.52 Å². The van der Waals surface area contributed by atoms with E-state index in [1.54, 1.807) is 12.1 Å². The number of halogens is 1. The number of aromatic nitrogens is 2. The maximum absolute atomic E-state index is 11.6. The number of H-pyrrole nitrogens is 2. The van der Waals surface area contributed by atoms with Gasteiger partial charge in [0, 0.05) is 16.0 Å². The zero-order valence-electron chi connectivity index (χ0n) is 8.99. The highest BCUT2D eigenvalue weighted by Gasteiger charge is 2.10. The molecule has 0 saturated heterocycles. The molecule has 3 aromatic rings. The Morgan fingerprint density at radius 2 is 1.78 bits per heavy atom. The molecule has 90 valence electrons. The molecular weight excluding hydrogens is 272 g/mol. The molecule has 0 bridgehead atoms. The first kappa shape index (κ1) is 11.3. The van der Waals surface area contributed by atoms with Crippen LogP contribution >= 0.6 is 22.9 Å². The Hall–Kier alpha value is -1.85. The van der Waals surface area contributed by atoms with Crippen molar-refractivity contribution >= 4 is 33.2 Å². The molecule has 18 heavy (non-hydrogen) atoms. The molecule has 0 saturated carbocycles. The van der Waals surface area contributed by atoms with Gasteiger partial charge >= 0.3 is 5.69 Å². The fraction of sp³-hybridized carbons (Fsp3) is 0. The van der Waals surface area contributed by atoms with Crippen molar-refractivity contribution in [1.82, 2.24) is 9.97 Å². The average Bonchev–Trinajstić information content (AvgIpc) is 2.74. The van der Waals surface area contributed by atoms with Gasteiger partial charge in [0.2, 0.25) is 0 Å². The third kappa shape index (κ3) is 1.77. The highest BCUT2D eigenvalue weighted by Crippen LogP contribution is 2.30. The zero-order chi connectivity index (χ0) is 12.7. The van der Waals surface area contributed by atoms with Gasteiger partial charge < -0.3 is 4.98 Å². The van der Waals surface area contributed by atoms with E-state index >= 15 is 0 Å². The Balaban J connectivity index is 2.33. The van der Waals surface area contributed by atoms with Gasteiger partial charge in [-0.2, -0.15) is 0 Å². The van der Waals surface area contributed by atoms with Crippen LogP contribution in [0.4, 0.5) is 0 Å². The van der Waals surface area contributed by atoms with Gasteiger partial charge in [0.1, 0.15) is 4.70 Å². The molecule has 2 N–H and O–H groups in total. The quantitative estimate of drug-likeness (QED) is 0.718. The van der Waals surface area contributed by atoms with Crippen LogP contribution in [0.3, 0.4) is 0 Å². The fourth-order valence-electron chi connectivity index (χ4n) is 1.80. The molecule has 0 unspecified atom stereocenters. The van der Waals surface area contributed by atoms with Gasteiger partial charge in [-0.15, -0.1) is 11.3 Å². The summed E-state index contributed by atoms with van der Waals surface area (Å²) in [6.45, 7) is 0. The van der Waals surface area contributed by atoms with Crippen molar-refractivity contribution in [2.75, 3.05) is 0 Å². The minimum Gasteiger partial charge on any atom is -0.305 e. The first-order valence-electron chi connectivity index (χ1n) is 5.15. The first-order valence-corrected chi connectivity index (χ1v) is 6.40. The summed E-state index contributed by atoms with van der Waals surface area (Å²) in [7, 11) is 0. The van der Waals surface area contributed by atoms with Crippen molar-refractivity contribution in [3.63, 3.8) is 0 Å². The van der Waals surface area contributed by atoms with Gasteiger partial charge in [-0.3, -0.25) is 9.78 Å². The molecule has 0 radical (unpaired) electrons. The van der Waals surface area contributed by atoms with Crippen molar-refractivity contribution < 1.29 is 0 Å². The molecule has 0 aliphatic heterocycles. The van der Waals surface area contributed by atoms with Gasteiger partial charge in [0.15, 0.2) is 0 Å². The van der Waals surface area contributed by atoms with E-state index in [1.165, 1.54) is 11.3 Å². The SMILES string of the molecule is O=c1[nH]c(=O)c2scc(-c3ccc(Cl)cc3)c2[nH]1. The molecule has 2 aromatic heterocycles. The summed E-state index contributed by atoms with van der Waals surface area (Å²) in [5.74, 6) is 0. The number of hydrogen-bond donors (Lipinski definition) is 2. The van der Waals surface area contributed by atoms with Crippen LogP contribution in [0.15, 0.2) is 39.2 Å². The second-order valence-electron chi connectivity index (χ2n) is 3.77. The predicted molar refractivity (Wildman–Crippen MR) is 73.5 cm³/mol. The number of hydrogen-bond acceptors (Lipinski definition) is 3. The maximum atomic E-state index is 11.6. The molecule has 0 aliphatic carbocycles. The van der Waals surface area contributed by atoms with Crippen LogP contribution in [0.5, 0.6) is 0 Å². The predicted octanol–water partition coefficient (Wildman–Crippen LogP) is 2.60. The molecule has 1 aromatic carbocycles. The lowest BCUT2D eigenvalue weighted by Gasteiger charge is -1.99. The van der Waals surface area contributed by atoms with Crippen LogP contribution in [0.1, 0.15) is 0 Å². The highest BCUT2D eigenvalue weighted by molar-refractivity contribution is 7.17. The number of fused-ring (bicyclic) bond motifs is 1. The van der Waals surface area contributed by atoms with Crippen LogP contribution in [0.2, 0.25) is 5.02 Å². The minimum absolute atomic E-state index is 0.362. The van der Waals surface area contributed by atoms with Gasteiger partial charge in [0.25, 0.3) is 5.56 Å². The average molecular weight is 279 g/mol. The molecule has 2 heterocycles. The summed E-state index contributed by atoms with van der Waals surface area (Å²) in [5, 5.41) is 2.49. The van der Waals surface area contributed by atoms with Crippen LogP contribution in [-0.4, -0.2) is 9.97 Å². The third-order valence-corrected chi connectivity index (χ3v) is 3.85. The van der Waals surface area contributed by atoms with Crippen LogP contribution in [-0.2, 0) is 0 Å². The molecule has 0 aliphatic rings. The van der Waals surface area contributed by atoms with Gasteiger partial charge in [-0.05, 0) is 17.7 Å². The molecule has 0 amide bonds. The third-order valence-electron chi connectivity index (χ3n) is 2.62. The molecule has 6 heteroatoms. The van der Waals surface area contributed by atoms with E-state index < -0.39 is 5.69 Å². The Morgan fingerprint density at radius 1 is 1.06 bits per heavy atom. The number of aromatic amines is 2. The summed E-state index contributed by atoms with van der Waals surface area (Å²) in [5.41, 5.74) is 1.44. The van der Waals surface area contributed by atoms with E-state index in [4.69, 9.17) is 11.6 Å². The Bertz CT molecular complexity index is 830. The van der Waals surface area contributed by atoms with Crippen LogP contribution in [0.25, 0.3) is 21.3 Å². The van der Waals surface area contributed by atoms with E-state index in [-0.39, 0.29) is 5.56 Å². The smallest absolute Gasteiger partial charge is 0.305 e. The molecule has 0 spiro atoms. The van der Waals surface area contributed by atoms with E-state index in [0.717, 1.165) is 11.1 Å². The van der Waals surface area contributed by atoms with Crippen LogP contribution in [0, 0.1) is 0 Å². The molecule has 0 fully saturated rings. The first-order chi connectivity index (χ1) is 8.65. The van der Waals surface area contributed by atoms with E-state index in [2.05, 4.69) is 9.97 Å². The number of thiophene rings is 1. The van der Waals surface area contributed by atoms with E-state index in [0.29, 0.717) is 15.2 Å². The summed E-state index contributed by atoms with van der Waals surface area (Å²) in [6, 6.07) is 7.24. The Kier molecular flexibility index (Phi) is 2.57. The zero-order valence-corrected chi connectivity index (χ0v) is 10.6. The summed E-state index contributed by atoms with van der Waals surface area (Å²) in [6.07, 6.45) is 0. The van der Waals surface area contributed by atoms with E-state index in [9.17, 15) is 9.59 Å². The summed E-state index contributed by atoms with van der Waals surface area (Å²) in [4.78, 5) is 27.8. The lowest BCUT2D eigenvalue weighted by Crippen LogP contribution is -2.20. The monoisotopic (exact) mass is 278 g/mol. The maximum Gasteiger partial charge on any atom is 0.326 e.